The van der Waals surface area contributed by atoms with Gasteiger partial charge in [0.2, 0.25) is 0 Å². The highest BCUT2D eigenvalue weighted by Crippen LogP contribution is 2.17. The van der Waals surface area contributed by atoms with Crippen LogP contribution in [-0.4, -0.2) is 34.7 Å². The molecule has 70 valence electrons. The van der Waals surface area contributed by atoms with Gasteiger partial charge in [-0.05, 0) is 19.4 Å². The van der Waals surface area contributed by atoms with E-state index in [1.54, 1.807) is 0 Å². The molecule has 1 aliphatic rings. The van der Waals surface area contributed by atoms with E-state index in [-0.39, 0.29) is 0 Å². The van der Waals surface area contributed by atoms with Crippen LogP contribution in [-0.2, 0) is 9.59 Å². The van der Waals surface area contributed by atoms with Crippen molar-refractivity contribution in [2.24, 2.45) is 0 Å². The second-order valence-corrected chi connectivity index (χ2v) is 2.44. The molecule has 0 aliphatic heterocycles. The lowest BCUT2D eigenvalue weighted by Crippen LogP contribution is -2.14. The molecule has 5 heteroatoms. The fourth-order valence-electron chi connectivity index (χ4n) is 0.576. The van der Waals surface area contributed by atoms with Gasteiger partial charge in [-0.3, -0.25) is 0 Å². The molecule has 0 aromatic rings. The molecule has 0 unspecified atom stereocenters. The lowest BCUT2D eigenvalue weighted by atomic mass is 10.6. The number of carboxylic acids is 2. The summed E-state index contributed by atoms with van der Waals surface area (Å²) in [5, 5.41) is 18.1. The molecule has 0 spiro atoms. The predicted molar refractivity (Wildman–Crippen MR) is 42.0 cm³/mol. The highest BCUT2D eigenvalue weighted by molar-refractivity contribution is 6.27. The third-order valence-corrected chi connectivity index (χ3v) is 1.25. The summed E-state index contributed by atoms with van der Waals surface area (Å²) in [6.45, 7) is 3.29. The van der Waals surface area contributed by atoms with Crippen molar-refractivity contribution in [1.29, 1.82) is 0 Å². The van der Waals surface area contributed by atoms with Crippen molar-refractivity contribution in [3.8, 4) is 0 Å². The van der Waals surface area contributed by atoms with Crippen LogP contribution in [0.25, 0.3) is 0 Å². The molecule has 12 heavy (non-hydrogen) atoms. The Balaban J connectivity index is 0.000000202. The largest absolute Gasteiger partial charge is 0.473 e. The lowest BCUT2D eigenvalue weighted by molar-refractivity contribution is -0.159. The molecule has 0 atom stereocenters. The molecule has 1 aliphatic carbocycles. The van der Waals surface area contributed by atoms with Crippen molar-refractivity contribution in [2.45, 2.75) is 25.8 Å². The van der Waals surface area contributed by atoms with Crippen molar-refractivity contribution < 1.29 is 19.8 Å². The van der Waals surface area contributed by atoms with Crippen LogP contribution in [0.1, 0.15) is 19.8 Å². The van der Waals surface area contributed by atoms with E-state index in [2.05, 4.69) is 12.2 Å². The van der Waals surface area contributed by atoms with Gasteiger partial charge < -0.3 is 15.5 Å². The molecule has 0 radical (unpaired) electrons. The van der Waals surface area contributed by atoms with Gasteiger partial charge in [0.05, 0.1) is 0 Å². The Bertz CT molecular complexity index is 153. The molecular formula is C7H13NO4. The zero-order valence-electron chi connectivity index (χ0n) is 6.91. The van der Waals surface area contributed by atoms with Gasteiger partial charge >= 0.3 is 11.9 Å². The summed E-state index contributed by atoms with van der Waals surface area (Å²) in [5.41, 5.74) is 0. The van der Waals surface area contributed by atoms with E-state index in [4.69, 9.17) is 19.8 Å². The second-order valence-electron chi connectivity index (χ2n) is 2.44. The Morgan fingerprint density at radius 1 is 1.33 bits per heavy atom. The topological polar surface area (TPSA) is 86.6 Å². The van der Waals surface area contributed by atoms with Gasteiger partial charge in [0.1, 0.15) is 0 Å². The molecule has 0 heterocycles. The van der Waals surface area contributed by atoms with Gasteiger partial charge in [0.15, 0.2) is 0 Å². The predicted octanol–water partition coefficient (Wildman–Crippen LogP) is -0.0861. The monoisotopic (exact) mass is 175 g/mol. The third-order valence-electron chi connectivity index (χ3n) is 1.25. The Labute approximate surface area is 70.4 Å². The molecule has 1 saturated carbocycles. The Morgan fingerprint density at radius 3 is 1.83 bits per heavy atom. The standard InChI is InChI=1S/C5H11N.C2H2O4/c1-2-6-5-3-4-5;3-1(4)2(5)6/h5-6H,2-4H2,1H3;(H,3,4)(H,5,6). The fraction of sp³-hybridized carbons (Fsp3) is 0.714. The molecule has 0 saturated heterocycles. The normalized spacial score (nSPS) is 14.4. The first kappa shape index (κ1) is 10.9. The zero-order valence-corrected chi connectivity index (χ0v) is 6.91. The van der Waals surface area contributed by atoms with Crippen molar-refractivity contribution in [2.75, 3.05) is 6.54 Å². The summed E-state index contributed by atoms with van der Waals surface area (Å²) < 4.78 is 0. The van der Waals surface area contributed by atoms with E-state index in [1.165, 1.54) is 12.8 Å². The number of carboxylic acid groups (broad SMARTS) is 2. The maximum absolute atomic E-state index is 9.10. The Morgan fingerprint density at radius 2 is 1.75 bits per heavy atom. The van der Waals surface area contributed by atoms with Crippen molar-refractivity contribution in [3.05, 3.63) is 0 Å². The molecule has 5 nitrogen and oxygen atoms in total. The smallest absolute Gasteiger partial charge is 0.414 e. The first-order chi connectivity index (χ1) is 5.57. The number of carbonyl (C=O) groups is 2. The van der Waals surface area contributed by atoms with Crippen LogP contribution in [0, 0.1) is 0 Å². The summed E-state index contributed by atoms with van der Waals surface area (Å²) in [4.78, 5) is 18.2. The van der Waals surface area contributed by atoms with Crippen LogP contribution in [0.4, 0.5) is 0 Å². The van der Waals surface area contributed by atoms with E-state index in [0.717, 1.165) is 12.6 Å². The number of hydrogen-bond acceptors (Lipinski definition) is 3. The average molecular weight is 175 g/mol. The maximum atomic E-state index is 9.10. The summed E-state index contributed by atoms with van der Waals surface area (Å²) >= 11 is 0. The van der Waals surface area contributed by atoms with E-state index >= 15 is 0 Å². The summed E-state index contributed by atoms with van der Waals surface area (Å²) in [7, 11) is 0. The van der Waals surface area contributed by atoms with Gasteiger partial charge in [-0.15, -0.1) is 0 Å². The molecule has 3 N–H and O–H groups in total. The minimum Gasteiger partial charge on any atom is -0.473 e. The van der Waals surface area contributed by atoms with Gasteiger partial charge in [-0.2, -0.15) is 0 Å². The van der Waals surface area contributed by atoms with Crippen molar-refractivity contribution in [3.63, 3.8) is 0 Å². The third kappa shape index (κ3) is 7.01. The van der Waals surface area contributed by atoms with Crippen molar-refractivity contribution >= 4 is 11.9 Å². The second kappa shape index (κ2) is 5.54. The number of nitrogens with one attached hydrogen (secondary N) is 1. The van der Waals surface area contributed by atoms with Crippen molar-refractivity contribution in [1.82, 2.24) is 5.32 Å². The van der Waals surface area contributed by atoms with Crippen LogP contribution in [0.15, 0.2) is 0 Å². The molecular weight excluding hydrogens is 162 g/mol. The van der Waals surface area contributed by atoms with E-state index in [1.807, 2.05) is 0 Å². The molecule has 1 fully saturated rings. The number of rotatable bonds is 2. The average Bonchev–Trinajstić information content (AvgIpc) is 2.73. The first-order valence-corrected chi connectivity index (χ1v) is 3.77. The molecule has 1 rings (SSSR count). The molecule has 0 amide bonds. The van der Waals surface area contributed by atoms with Crippen LogP contribution < -0.4 is 5.32 Å². The summed E-state index contributed by atoms with van der Waals surface area (Å²) in [6, 6.07) is 0.898. The van der Waals surface area contributed by atoms with Gasteiger partial charge in [-0.25, -0.2) is 9.59 Å². The van der Waals surface area contributed by atoms with Crippen LogP contribution in [0.5, 0.6) is 0 Å². The van der Waals surface area contributed by atoms with E-state index in [0.29, 0.717) is 0 Å². The van der Waals surface area contributed by atoms with Gasteiger partial charge in [0, 0.05) is 6.04 Å². The Hall–Kier alpha value is -1.10. The molecule has 0 bridgehead atoms. The quantitative estimate of drug-likeness (QED) is 0.511. The minimum absolute atomic E-state index is 0.898. The highest BCUT2D eigenvalue weighted by atomic mass is 16.4. The molecule has 0 aromatic carbocycles. The maximum Gasteiger partial charge on any atom is 0.414 e. The number of hydrogen-bond donors (Lipinski definition) is 3. The van der Waals surface area contributed by atoms with E-state index in [9.17, 15) is 0 Å². The Kier molecular flexibility index (Phi) is 5.03. The number of aliphatic carboxylic acids is 2. The fourth-order valence-corrected chi connectivity index (χ4v) is 0.576. The lowest BCUT2D eigenvalue weighted by Gasteiger charge is -1.89. The van der Waals surface area contributed by atoms with Crippen LogP contribution in [0.3, 0.4) is 0 Å². The zero-order chi connectivity index (χ0) is 9.56. The summed E-state index contributed by atoms with van der Waals surface area (Å²) in [6.07, 6.45) is 2.82. The van der Waals surface area contributed by atoms with Crippen LogP contribution in [0.2, 0.25) is 0 Å². The highest BCUT2D eigenvalue weighted by Gasteiger charge is 2.18. The molecule has 0 aromatic heterocycles. The van der Waals surface area contributed by atoms with Gasteiger partial charge in [0.25, 0.3) is 0 Å². The SMILES string of the molecule is CCNC1CC1.O=C(O)C(=O)O. The first-order valence-electron chi connectivity index (χ1n) is 3.77. The summed E-state index contributed by atoms with van der Waals surface area (Å²) in [5.74, 6) is -3.65. The van der Waals surface area contributed by atoms with E-state index < -0.39 is 11.9 Å². The van der Waals surface area contributed by atoms with Gasteiger partial charge in [-0.1, -0.05) is 6.92 Å². The van der Waals surface area contributed by atoms with Crippen LogP contribution >= 0.6 is 0 Å². The minimum atomic E-state index is -1.82.